The summed E-state index contributed by atoms with van der Waals surface area (Å²) < 4.78 is 8.45. The van der Waals surface area contributed by atoms with Gasteiger partial charge in [-0.3, -0.25) is 5.32 Å². The van der Waals surface area contributed by atoms with Crippen LogP contribution in [0.15, 0.2) is 11.8 Å². The molecule has 7 heteroatoms. The van der Waals surface area contributed by atoms with Crippen LogP contribution in [0.2, 0.25) is 0 Å². The maximum atomic E-state index is 10.9. The number of ether oxygens (including phenoxy) is 2. The monoisotopic (exact) mass is 203 g/mol. The zero-order chi connectivity index (χ0) is 11.1. The number of hydrogen-bond donors (Lipinski definition) is 2. The van der Waals surface area contributed by atoms with Gasteiger partial charge in [-0.15, -0.1) is 0 Å². The van der Waals surface area contributed by atoms with Gasteiger partial charge >= 0.3 is 18.0 Å². The van der Waals surface area contributed by atoms with Crippen molar-refractivity contribution in [3.63, 3.8) is 0 Å². The van der Waals surface area contributed by atoms with E-state index in [0.29, 0.717) is 6.20 Å². The van der Waals surface area contributed by atoms with Gasteiger partial charge in [0.1, 0.15) is 0 Å². The molecule has 0 aliphatic rings. The Morgan fingerprint density at radius 3 is 1.86 bits per heavy atom. The molecule has 14 heavy (non-hydrogen) atoms. The minimum atomic E-state index is -1.41. The third-order valence-electron chi connectivity index (χ3n) is 1.15. The van der Waals surface area contributed by atoms with Crippen molar-refractivity contribution in [2.75, 3.05) is 14.2 Å². The molecule has 1 amide bonds. The van der Waals surface area contributed by atoms with Crippen molar-refractivity contribution >= 4 is 18.0 Å². The fourth-order valence-electron chi connectivity index (χ4n) is 0.555. The molecule has 0 aromatic carbocycles. The van der Waals surface area contributed by atoms with Gasteiger partial charge in [-0.1, -0.05) is 0 Å². The van der Waals surface area contributed by atoms with Gasteiger partial charge in [-0.25, -0.2) is 14.4 Å². The van der Waals surface area contributed by atoms with Gasteiger partial charge in [0, 0.05) is 6.20 Å². The first-order valence-electron chi connectivity index (χ1n) is 3.39. The van der Waals surface area contributed by atoms with Crippen LogP contribution < -0.4 is 5.32 Å². The van der Waals surface area contributed by atoms with Gasteiger partial charge in [-0.05, 0) is 0 Å². The molecule has 7 nitrogen and oxygen atoms in total. The first-order valence-corrected chi connectivity index (χ1v) is 3.39. The van der Waals surface area contributed by atoms with Gasteiger partial charge in [0.25, 0.3) is 0 Å². The van der Waals surface area contributed by atoms with Crippen LogP contribution in [0.25, 0.3) is 0 Å². The zero-order valence-electron chi connectivity index (χ0n) is 7.57. The molecular weight excluding hydrogens is 194 g/mol. The Morgan fingerprint density at radius 2 is 1.57 bits per heavy atom. The lowest BCUT2D eigenvalue weighted by Crippen LogP contribution is -2.21. The van der Waals surface area contributed by atoms with E-state index in [1.165, 1.54) is 0 Å². The summed E-state index contributed by atoms with van der Waals surface area (Å²) in [6.45, 7) is 0. The third-order valence-corrected chi connectivity index (χ3v) is 1.15. The number of rotatable bonds is 3. The molecule has 0 saturated carbocycles. The van der Waals surface area contributed by atoms with Gasteiger partial charge in [-0.2, -0.15) is 0 Å². The summed E-state index contributed by atoms with van der Waals surface area (Å²) in [4.78, 5) is 31.9. The molecule has 0 aliphatic carbocycles. The van der Waals surface area contributed by atoms with E-state index < -0.39 is 23.6 Å². The molecule has 0 bridgehead atoms. The fourth-order valence-corrected chi connectivity index (χ4v) is 0.555. The van der Waals surface area contributed by atoms with Crippen molar-refractivity contribution in [1.82, 2.24) is 5.32 Å². The number of methoxy groups -OCH3 is 2. The normalized spacial score (nSPS) is 8.43. The van der Waals surface area contributed by atoms with Crippen LogP contribution in [0.3, 0.4) is 0 Å². The van der Waals surface area contributed by atoms with E-state index in [4.69, 9.17) is 5.11 Å². The van der Waals surface area contributed by atoms with Crippen molar-refractivity contribution in [3.05, 3.63) is 11.8 Å². The fraction of sp³-hybridized carbons (Fsp3) is 0.286. The number of carbonyl (C=O) groups excluding carboxylic acids is 2. The van der Waals surface area contributed by atoms with Crippen LogP contribution >= 0.6 is 0 Å². The van der Waals surface area contributed by atoms with Gasteiger partial charge in [0.05, 0.1) is 14.2 Å². The second-order valence-corrected chi connectivity index (χ2v) is 1.99. The van der Waals surface area contributed by atoms with E-state index in [-0.39, 0.29) is 0 Å². The van der Waals surface area contributed by atoms with Crippen LogP contribution in [0.1, 0.15) is 0 Å². The zero-order valence-corrected chi connectivity index (χ0v) is 7.57. The number of nitrogens with one attached hydrogen (secondary N) is 1. The highest BCUT2D eigenvalue weighted by Crippen LogP contribution is 1.98. The number of esters is 2. The first-order chi connectivity index (χ1) is 6.52. The van der Waals surface area contributed by atoms with E-state index in [9.17, 15) is 14.4 Å². The maximum absolute atomic E-state index is 10.9. The number of carbonyl (C=O) groups is 3. The summed E-state index contributed by atoms with van der Waals surface area (Å²) in [5.41, 5.74) is -0.530. The number of amides is 1. The topological polar surface area (TPSA) is 102 Å². The molecule has 0 atom stereocenters. The summed E-state index contributed by atoms with van der Waals surface area (Å²) in [5.74, 6) is -1.96. The Labute approximate surface area is 79.3 Å². The molecule has 78 valence electrons. The lowest BCUT2D eigenvalue weighted by Gasteiger charge is -2.02. The molecular formula is C7H9NO6. The van der Waals surface area contributed by atoms with Crippen LogP contribution in [0, 0.1) is 0 Å². The highest BCUT2D eigenvalue weighted by atomic mass is 16.5. The third kappa shape index (κ3) is 3.57. The molecule has 0 aromatic rings. The van der Waals surface area contributed by atoms with Gasteiger partial charge < -0.3 is 14.6 Å². The second kappa shape index (κ2) is 5.57. The summed E-state index contributed by atoms with van der Waals surface area (Å²) in [5, 5.41) is 9.94. The minimum absolute atomic E-state index is 0.530. The van der Waals surface area contributed by atoms with E-state index in [0.717, 1.165) is 14.2 Å². The van der Waals surface area contributed by atoms with Crippen LogP contribution in [0.5, 0.6) is 0 Å². The second-order valence-electron chi connectivity index (χ2n) is 1.99. The first kappa shape index (κ1) is 11.9. The van der Waals surface area contributed by atoms with Gasteiger partial charge in [0.2, 0.25) is 0 Å². The highest BCUT2D eigenvalue weighted by Gasteiger charge is 2.19. The predicted molar refractivity (Wildman–Crippen MR) is 43.3 cm³/mol. The average molecular weight is 203 g/mol. The van der Waals surface area contributed by atoms with Crippen molar-refractivity contribution in [1.29, 1.82) is 0 Å². The minimum Gasteiger partial charge on any atom is -0.465 e. The lowest BCUT2D eigenvalue weighted by molar-refractivity contribution is -0.144. The van der Waals surface area contributed by atoms with E-state index in [2.05, 4.69) is 9.47 Å². The molecule has 2 N–H and O–H groups in total. The molecule has 0 aliphatic heterocycles. The summed E-state index contributed by atoms with van der Waals surface area (Å²) in [7, 11) is 2.11. The average Bonchev–Trinajstić information content (AvgIpc) is 2.16. The Balaban J connectivity index is 4.71. The highest BCUT2D eigenvalue weighted by molar-refractivity contribution is 6.14. The number of hydrogen-bond acceptors (Lipinski definition) is 5. The summed E-state index contributed by atoms with van der Waals surface area (Å²) in [6.07, 6.45) is -0.713. The Hall–Kier alpha value is -2.05. The van der Waals surface area contributed by atoms with Crippen molar-refractivity contribution in [2.45, 2.75) is 0 Å². The Kier molecular flexibility index (Phi) is 4.76. The quantitative estimate of drug-likeness (QED) is 0.277. The van der Waals surface area contributed by atoms with E-state index in [1.54, 1.807) is 5.32 Å². The molecule has 0 radical (unpaired) electrons. The molecule has 0 spiro atoms. The molecule has 0 saturated heterocycles. The largest absolute Gasteiger partial charge is 0.465 e. The predicted octanol–water partition coefficient (Wildman–Crippen LogP) is -0.516. The van der Waals surface area contributed by atoms with Crippen molar-refractivity contribution in [3.8, 4) is 0 Å². The lowest BCUT2D eigenvalue weighted by atomic mass is 10.3. The molecule has 0 rings (SSSR count). The Bertz CT molecular complexity index is 264. The molecule has 0 unspecified atom stereocenters. The number of carboxylic acid groups (broad SMARTS) is 1. The van der Waals surface area contributed by atoms with Crippen molar-refractivity contribution in [2.24, 2.45) is 0 Å². The SMILES string of the molecule is COC(=O)C(=CNC(=O)O)C(=O)OC. The Morgan fingerprint density at radius 1 is 1.14 bits per heavy atom. The maximum Gasteiger partial charge on any atom is 0.408 e. The standard InChI is InChI=1S/C7H9NO6/c1-13-5(9)4(6(10)14-2)3-8-7(11)12/h3,8H,1-2H3,(H,11,12). The molecule has 0 heterocycles. The molecule has 0 fully saturated rings. The van der Waals surface area contributed by atoms with Crippen molar-refractivity contribution < 1.29 is 29.0 Å². The van der Waals surface area contributed by atoms with E-state index >= 15 is 0 Å². The van der Waals surface area contributed by atoms with Crippen LogP contribution in [-0.2, 0) is 19.1 Å². The summed E-state index contributed by atoms with van der Waals surface area (Å²) in [6, 6.07) is 0. The van der Waals surface area contributed by atoms with Gasteiger partial charge in [0.15, 0.2) is 5.57 Å². The molecule has 0 aromatic heterocycles. The van der Waals surface area contributed by atoms with Crippen LogP contribution in [0.4, 0.5) is 4.79 Å². The summed E-state index contributed by atoms with van der Waals surface area (Å²) >= 11 is 0. The smallest absolute Gasteiger partial charge is 0.408 e. The van der Waals surface area contributed by atoms with Crippen LogP contribution in [-0.4, -0.2) is 37.4 Å². The van der Waals surface area contributed by atoms with E-state index in [1.807, 2.05) is 0 Å².